The van der Waals surface area contributed by atoms with Gasteiger partial charge in [0.15, 0.2) is 0 Å². The first-order valence-corrected chi connectivity index (χ1v) is 8.84. The predicted octanol–water partition coefficient (Wildman–Crippen LogP) is 2.09. The van der Waals surface area contributed by atoms with Gasteiger partial charge in [0.05, 0.1) is 16.8 Å². The number of amides is 3. The van der Waals surface area contributed by atoms with E-state index in [0.29, 0.717) is 28.9 Å². The van der Waals surface area contributed by atoms with Gasteiger partial charge in [-0.2, -0.15) is 5.10 Å². The molecule has 3 aromatic rings. The zero-order valence-corrected chi connectivity index (χ0v) is 15.8. The Labute approximate surface area is 160 Å². The molecule has 4 rings (SSSR count). The largest absolute Gasteiger partial charge is 0.332 e. The highest BCUT2D eigenvalue weighted by molar-refractivity contribution is 6.22. The molecule has 3 amide bonds. The van der Waals surface area contributed by atoms with Crippen molar-refractivity contribution in [1.29, 1.82) is 0 Å². The van der Waals surface area contributed by atoms with Crippen molar-refractivity contribution >= 4 is 28.4 Å². The van der Waals surface area contributed by atoms with Gasteiger partial charge < -0.3 is 4.90 Å². The van der Waals surface area contributed by atoms with Gasteiger partial charge in [0.2, 0.25) is 0 Å². The van der Waals surface area contributed by atoms with Gasteiger partial charge in [-0.25, -0.2) is 14.8 Å². The maximum Gasteiger partial charge on any atom is 0.332 e. The fourth-order valence-corrected chi connectivity index (χ4v) is 3.30. The first kappa shape index (κ1) is 17.8. The van der Waals surface area contributed by atoms with Crippen molar-refractivity contribution in [3.8, 4) is 0 Å². The zero-order valence-electron chi connectivity index (χ0n) is 15.8. The van der Waals surface area contributed by atoms with Crippen molar-refractivity contribution in [3.05, 3.63) is 64.3 Å². The minimum Gasteiger partial charge on any atom is -0.313 e. The van der Waals surface area contributed by atoms with Crippen LogP contribution >= 0.6 is 0 Å². The van der Waals surface area contributed by atoms with Crippen LogP contribution in [0.25, 0.3) is 10.8 Å². The molecule has 1 fully saturated rings. The van der Waals surface area contributed by atoms with Crippen LogP contribution < -0.4 is 10.5 Å². The second kappa shape index (κ2) is 6.26. The topological polar surface area (TPSA) is 99.3 Å². The SMILES string of the molecule is CN1C(=O)N(c2ccnc(Cc3n[nH]c(=O)c4ccccc34)c2)C(=O)C1(C)C. The number of carbonyl (C=O) groups is 2. The maximum atomic E-state index is 12.7. The number of rotatable bonds is 3. The minimum atomic E-state index is -0.906. The normalized spacial score (nSPS) is 16.2. The van der Waals surface area contributed by atoms with Gasteiger partial charge in [0, 0.05) is 30.7 Å². The van der Waals surface area contributed by atoms with Crippen molar-refractivity contribution in [3.63, 3.8) is 0 Å². The number of urea groups is 1. The van der Waals surface area contributed by atoms with Crippen LogP contribution in [0.5, 0.6) is 0 Å². The lowest BCUT2D eigenvalue weighted by Gasteiger charge is -2.22. The molecule has 0 atom stereocenters. The molecule has 0 saturated carbocycles. The van der Waals surface area contributed by atoms with E-state index in [1.165, 1.54) is 9.80 Å². The average molecular weight is 377 g/mol. The number of H-pyrrole nitrogens is 1. The van der Waals surface area contributed by atoms with Crippen molar-refractivity contribution in [2.24, 2.45) is 0 Å². The summed E-state index contributed by atoms with van der Waals surface area (Å²) in [4.78, 5) is 44.2. The van der Waals surface area contributed by atoms with Crippen molar-refractivity contribution in [1.82, 2.24) is 20.1 Å². The van der Waals surface area contributed by atoms with E-state index >= 15 is 0 Å². The lowest BCUT2D eigenvalue weighted by Crippen LogP contribution is -2.41. The number of likely N-dealkylation sites (N-methyl/N-ethyl adjacent to an activating group) is 1. The molecular weight excluding hydrogens is 358 g/mol. The maximum absolute atomic E-state index is 12.7. The number of fused-ring (bicyclic) bond motifs is 1. The van der Waals surface area contributed by atoms with Crippen LogP contribution in [0.2, 0.25) is 0 Å². The predicted molar refractivity (Wildman–Crippen MR) is 104 cm³/mol. The second-order valence-corrected chi connectivity index (χ2v) is 7.27. The van der Waals surface area contributed by atoms with E-state index in [-0.39, 0.29) is 17.5 Å². The van der Waals surface area contributed by atoms with Crippen LogP contribution in [0.4, 0.5) is 10.5 Å². The number of anilines is 1. The number of aromatic nitrogens is 3. The van der Waals surface area contributed by atoms with E-state index in [9.17, 15) is 14.4 Å². The van der Waals surface area contributed by atoms with Crippen molar-refractivity contribution < 1.29 is 9.59 Å². The molecule has 0 spiro atoms. The molecule has 0 radical (unpaired) electrons. The Morgan fingerprint density at radius 3 is 2.46 bits per heavy atom. The van der Waals surface area contributed by atoms with Crippen LogP contribution in [-0.4, -0.2) is 44.6 Å². The Morgan fingerprint density at radius 2 is 1.79 bits per heavy atom. The first-order valence-electron chi connectivity index (χ1n) is 8.84. The summed E-state index contributed by atoms with van der Waals surface area (Å²) in [5.41, 5.74) is 0.606. The van der Waals surface area contributed by atoms with Crippen LogP contribution in [0.15, 0.2) is 47.4 Å². The van der Waals surface area contributed by atoms with Crippen molar-refractivity contribution in [2.45, 2.75) is 25.8 Å². The lowest BCUT2D eigenvalue weighted by atomic mass is 10.0. The molecular formula is C20H19N5O3. The number of nitrogens with zero attached hydrogens (tertiary/aromatic N) is 4. The zero-order chi connectivity index (χ0) is 20.1. The van der Waals surface area contributed by atoms with Crippen LogP contribution in [0.3, 0.4) is 0 Å². The molecule has 0 bridgehead atoms. The minimum absolute atomic E-state index is 0.250. The highest BCUT2D eigenvalue weighted by Crippen LogP contribution is 2.31. The molecule has 3 heterocycles. The van der Waals surface area contributed by atoms with Gasteiger partial charge in [-0.1, -0.05) is 18.2 Å². The molecule has 1 saturated heterocycles. The third-order valence-electron chi connectivity index (χ3n) is 5.23. The standard InChI is InChI=1S/C20H19N5O3/c1-20(2)18(27)25(19(28)24(20)3)13-8-9-21-12(10-13)11-16-14-6-4-5-7-15(14)17(26)23-22-16/h4-10H,11H2,1-3H3,(H,23,26). The average Bonchev–Trinajstić information content (AvgIpc) is 2.84. The molecule has 8 heteroatoms. The van der Waals surface area contributed by atoms with Crippen LogP contribution in [0, 0.1) is 0 Å². The van der Waals surface area contributed by atoms with Crippen LogP contribution in [0.1, 0.15) is 25.2 Å². The molecule has 0 unspecified atom stereocenters. The number of carbonyl (C=O) groups excluding carboxylic acids is 2. The van der Waals surface area contributed by atoms with E-state index in [0.717, 1.165) is 5.39 Å². The number of hydrogen-bond acceptors (Lipinski definition) is 5. The summed E-state index contributed by atoms with van der Waals surface area (Å²) in [5.74, 6) is -0.287. The van der Waals surface area contributed by atoms with Gasteiger partial charge >= 0.3 is 6.03 Å². The molecule has 1 aliphatic rings. The Morgan fingerprint density at radius 1 is 1.07 bits per heavy atom. The molecule has 8 nitrogen and oxygen atoms in total. The fraction of sp³-hybridized carbons (Fsp3) is 0.250. The van der Waals surface area contributed by atoms with Crippen LogP contribution in [-0.2, 0) is 11.2 Å². The summed E-state index contributed by atoms with van der Waals surface area (Å²) in [5, 5.41) is 7.96. The van der Waals surface area contributed by atoms with Crippen molar-refractivity contribution in [2.75, 3.05) is 11.9 Å². The molecule has 1 N–H and O–H groups in total. The number of aromatic amines is 1. The Balaban J connectivity index is 1.72. The number of hydrogen-bond donors (Lipinski definition) is 1. The Kier molecular flexibility index (Phi) is 3.99. The molecule has 1 aromatic carbocycles. The number of pyridine rings is 1. The van der Waals surface area contributed by atoms with Gasteiger partial charge in [-0.3, -0.25) is 14.6 Å². The summed E-state index contributed by atoms with van der Waals surface area (Å²) < 4.78 is 0. The summed E-state index contributed by atoms with van der Waals surface area (Å²) in [6.45, 7) is 3.43. The quantitative estimate of drug-likeness (QED) is 0.705. The molecule has 2 aromatic heterocycles. The fourth-order valence-electron chi connectivity index (χ4n) is 3.30. The Bertz CT molecular complexity index is 1170. The smallest absolute Gasteiger partial charge is 0.313 e. The van der Waals surface area contributed by atoms with Gasteiger partial charge in [-0.15, -0.1) is 0 Å². The van der Waals surface area contributed by atoms with Gasteiger partial charge in [0.1, 0.15) is 5.54 Å². The van der Waals surface area contributed by atoms with Gasteiger partial charge in [-0.05, 0) is 32.0 Å². The third-order valence-corrected chi connectivity index (χ3v) is 5.23. The van der Waals surface area contributed by atoms with E-state index in [4.69, 9.17) is 0 Å². The molecule has 0 aliphatic carbocycles. The molecule has 1 aliphatic heterocycles. The summed E-state index contributed by atoms with van der Waals surface area (Å²) in [7, 11) is 1.61. The van der Waals surface area contributed by atoms with Gasteiger partial charge in [0.25, 0.3) is 11.5 Å². The Hall–Kier alpha value is -3.55. The second-order valence-electron chi connectivity index (χ2n) is 7.27. The molecule has 28 heavy (non-hydrogen) atoms. The van der Waals surface area contributed by atoms with E-state index in [2.05, 4.69) is 15.2 Å². The lowest BCUT2D eigenvalue weighted by molar-refractivity contribution is -0.123. The van der Waals surface area contributed by atoms with E-state index in [1.54, 1.807) is 51.4 Å². The highest BCUT2D eigenvalue weighted by Gasteiger charge is 2.49. The number of nitrogens with one attached hydrogen (secondary N) is 1. The number of imide groups is 1. The monoisotopic (exact) mass is 377 g/mol. The summed E-state index contributed by atoms with van der Waals surface area (Å²) in [6, 6.07) is 10.2. The summed E-state index contributed by atoms with van der Waals surface area (Å²) in [6.07, 6.45) is 1.91. The number of benzene rings is 1. The molecule has 142 valence electrons. The highest BCUT2D eigenvalue weighted by atomic mass is 16.2. The van der Waals surface area contributed by atoms with E-state index in [1.807, 2.05) is 12.1 Å². The first-order chi connectivity index (χ1) is 13.3. The van der Waals surface area contributed by atoms with E-state index < -0.39 is 5.54 Å². The third kappa shape index (κ3) is 2.65. The summed E-state index contributed by atoms with van der Waals surface area (Å²) >= 11 is 0.